The number of hydrogen-bond donors (Lipinski definition) is 0. The van der Waals surface area contributed by atoms with Gasteiger partial charge >= 0.3 is 5.97 Å². The third-order valence-electron chi connectivity index (χ3n) is 3.24. The predicted molar refractivity (Wildman–Crippen MR) is 63.4 cm³/mol. The van der Waals surface area contributed by atoms with E-state index in [9.17, 15) is 4.79 Å². The van der Waals surface area contributed by atoms with Crippen molar-refractivity contribution in [2.75, 3.05) is 6.61 Å². The van der Waals surface area contributed by atoms with Crippen molar-refractivity contribution < 1.29 is 9.53 Å². The Morgan fingerprint density at radius 1 is 1.38 bits per heavy atom. The van der Waals surface area contributed by atoms with E-state index in [1.165, 1.54) is 24.8 Å². The standard InChI is InChI=1S/C14H18O2/c1-2-16-14(15)10-12-6-3-4-9-13(12)11-7-5-8-11/h3-4,6,9,11H,2,5,7-8,10H2,1H3. The molecule has 0 spiro atoms. The Kier molecular flexibility index (Phi) is 3.60. The van der Waals surface area contributed by atoms with Gasteiger partial charge in [-0.3, -0.25) is 4.79 Å². The Bertz CT molecular complexity index is 367. The molecular weight excluding hydrogens is 200 g/mol. The third kappa shape index (κ3) is 2.43. The summed E-state index contributed by atoms with van der Waals surface area (Å²) < 4.78 is 4.99. The average Bonchev–Trinajstić information content (AvgIpc) is 2.18. The van der Waals surface area contributed by atoms with Gasteiger partial charge in [-0.05, 0) is 36.8 Å². The van der Waals surface area contributed by atoms with Gasteiger partial charge in [0, 0.05) is 0 Å². The van der Waals surface area contributed by atoms with E-state index < -0.39 is 0 Å². The van der Waals surface area contributed by atoms with Crippen LogP contribution in [0.15, 0.2) is 24.3 Å². The van der Waals surface area contributed by atoms with Crippen molar-refractivity contribution in [2.24, 2.45) is 0 Å². The smallest absolute Gasteiger partial charge is 0.310 e. The Morgan fingerprint density at radius 2 is 2.12 bits per heavy atom. The Hall–Kier alpha value is -1.31. The monoisotopic (exact) mass is 218 g/mol. The van der Waals surface area contributed by atoms with E-state index in [1.807, 2.05) is 19.1 Å². The van der Waals surface area contributed by atoms with Gasteiger partial charge in [-0.1, -0.05) is 30.7 Å². The maximum absolute atomic E-state index is 11.5. The number of carbonyl (C=O) groups is 1. The highest BCUT2D eigenvalue weighted by Crippen LogP contribution is 2.38. The van der Waals surface area contributed by atoms with Crippen molar-refractivity contribution in [3.63, 3.8) is 0 Å². The minimum atomic E-state index is -0.116. The zero-order valence-electron chi connectivity index (χ0n) is 9.74. The summed E-state index contributed by atoms with van der Waals surface area (Å²) in [7, 11) is 0. The van der Waals surface area contributed by atoms with E-state index in [4.69, 9.17) is 4.74 Å². The fourth-order valence-corrected chi connectivity index (χ4v) is 2.18. The second-order valence-electron chi connectivity index (χ2n) is 4.31. The highest BCUT2D eigenvalue weighted by atomic mass is 16.5. The lowest BCUT2D eigenvalue weighted by atomic mass is 9.78. The van der Waals surface area contributed by atoms with Crippen molar-refractivity contribution >= 4 is 5.97 Å². The molecule has 86 valence electrons. The molecule has 2 nitrogen and oxygen atoms in total. The summed E-state index contributed by atoms with van der Waals surface area (Å²) in [6.45, 7) is 2.31. The average molecular weight is 218 g/mol. The maximum Gasteiger partial charge on any atom is 0.310 e. The minimum absolute atomic E-state index is 0.116. The number of benzene rings is 1. The molecule has 1 aliphatic carbocycles. The SMILES string of the molecule is CCOC(=O)Cc1ccccc1C1CCC1. The van der Waals surface area contributed by atoms with Crippen molar-refractivity contribution in [2.45, 2.75) is 38.5 Å². The quantitative estimate of drug-likeness (QED) is 0.726. The van der Waals surface area contributed by atoms with Gasteiger partial charge in [0.15, 0.2) is 0 Å². The molecule has 1 saturated carbocycles. The van der Waals surface area contributed by atoms with Crippen molar-refractivity contribution in [3.05, 3.63) is 35.4 Å². The van der Waals surface area contributed by atoms with Crippen molar-refractivity contribution in [1.82, 2.24) is 0 Å². The molecule has 0 aliphatic heterocycles. The van der Waals surface area contributed by atoms with E-state index in [0.29, 0.717) is 18.9 Å². The molecule has 1 fully saturated rings. The second kappa shape index (κ2) is 5.15. The molecule has 16 heavy (non-hydrogen) atoms. The van der Waals surface area contributed by atoms with Crippen LogP contribution < -0.4 is 0 Å². The molecule has 0 bridgehead atoms. The normalized spacial score (nSPS) is 15.6. The van der Waals surface area contributed by atoms with Crippen molar-refractivity contribution in [3.8, 4) is 0 Å². The van der Waals surface area contributed by atoms with Gasteiger partial charge in [0.1, 0.15) is 0 Å². The fourth-order valence-electron chi connectivity index (χ4n) is 2.18. The Morgan fingerprint density at radius 3 is 2.75 bits per heavy atom. The summed E-state index contributed by atoms with van der Waals surface area (Å²) >= 11 is 0. The molecule has 0 aromatic heterocycles. The highest BCUT2D eigenvalue weighted by molar-refractivity contribution is 5.73. The Balaban J connectivity index is 2.09. The van der Waals surface area contributed by atoms with E-state index in [2.05, 4.69) is 12.1 Å². The van der Waals surface area contributed by atoms with Crippen LogP contribution in [0.3, 0.4) is 0 Å². The molecule has 2 heteroatoms. The summed E-state index contributed by atoms with van der Waals surface area (Å²) in [4.78, 5) is 11.5. The van der Waals surface area contributed by atoms with Gasteiger partial charge in [0.25, 0.3) is 0 Å². The number of hydrogen-bond acceptors (Lipinski definition) is 2. The first kappa shape index (κ1) is 11.2. The van der Waals surface area contributed by atoms with Gasteiger partial charge in [-0.2, -0.15) is 0 Å². The number of rotatable bonds is 4. The molecule has 1 aromatic carbocycles. The van der Waals surface area contributed by atoms with Crippen LogP contribution in [0.2, 0.25) is 0 Å². The number of carbonyl (C=O) groups excluding carboxylic acids is 1. The minimum Gasteiger partial charge on any atom is -0.466 e. The first-order valence-corrected chi connectivity index (χ1v) is 6.04. The molecule has 0 atom stereocenters. The van der Waals surface area contributed by atoms with Crippen LogP contribution in [-0.4, -0.2) is 12.6 Å². The molecule has 0 amide bonds. The first-order chi connectivity index (χ1) is 7.81. The zero-order valence-corrected chi connectivity index (χ0v) is 9.74. The maximum atomic E-state index is 11.5. The van der Waals surface area contributed by atoms with Gasteiger partial charge < -0.3 is 4.74 Å². The van der Waals surface area contributed by atoms with E-state index in [1.54, 1.807) is 0 Å². The Labute approximate surface area is 96.6 Å². The lowest BCUT2D eigenvalue weighted by molar-refractivity contribution is -0.142. The van der Waals surface area contributed by atoms with Gasteiger partial charge in [-0.25, -0.2) is 0 Å². The van der Waals surface area contributed by atoms with Gasteiger partial charge in [0.05, 0.1) is 13.0 Å². The van der Waals surface area contributed by atoms with Gasteiger partial charge in [-0.15, -0.1) is 0 Å². The van der Waals surface area contributed by atoms with Crippen LogP contribution in [0, 0.1) is 0 Å². The third-order valence-corrected chi connectivity index (χ3v) is 3.24. The molecule has 0 saturated heterocycles. The van der Waals surface area contributed by atoms with Crippen LogP contribution in [-0.2, 0) is 16.0 Å². The zero-order chi connectivity index (χ0) is 11.4. The lowest BCUT2D eigenvalue weighted by Crippen LogP contribution is -2.14. The van der Waals surface area contributed by atoms with E-state index in [0.717, 1.165) is 5.56 Å². The van der Waals surface area contributed by atoms with E-state index in [-0.39, 0.29) is 5.97 Å². The molecule has 0 unspecified atom stereocenters. The van der Waals surface area contributed by atoms with E-state index >= 15 is 0 Å². The van der Waals surface area contributed by atoms with Crippen LogP contribution in [0.4, 0.5) is 0 Å². The summed E-state index contributed by atoms with van der Waals surface area (Å²) in [5, 5.41) is 0. The summed E-state index contributed by atoms with van der Waals surface area (Å²) in [6, 6.07) is 8.25. The molecule has 0 heterocycles. The molecule has 1 aromatic rings. The van der Waals surface area contributed by atoms with Crippen LogP contribution in [0.1, 0.15) is 43.2 Å². The molecule has 0 N–H and O–H groups in total. The molecule has 0 radical (unpaired) electrons. The molecule has 2 rings (SSSR count). The topological polar surface area (TPSA) is 26.3 Å². The lowest BCUT2D eigenvalue weighted by Gasteiger charge is -2.27. The first-order valence-electron chi connectivity index (χ1n) is 6.04. The molecule has 1 aliphatic rings. The predicted octanol–water partition coefficient (Wildman–Crippen LogP) is 3.06. The van der Waals surface area contributed by atoms with Crippen LogP contribution >= 0.6 is 0 Å². The fraction of sp³-hybridized carbons (Fsp3) is 0.500. The highest BCUT2D eigenvalue weighted by Gasteiger charge is 2.22. The number of ether oxygens (including phenoxy) is 1. The second-order valence-corrected chi connectivity index (χ2v) is 4.31. The summed E-state index contributed by atoms with van der Waals surface area (Å²) in [5.74, 6) is 0.555. The number of esters is 1. The summed E-state index contributed by atoms with van der Waals surface area (Å²) in [6.07, 6.45) is 4.26. The summed E-state index contributed by atoms with van der Waals surface area (Å²) in [5.41, 5.74) is 2.49. The van der Waals surface area contributed by atoms with Crippen LogP contribution in [0.5, 0.6) is 0 Å². The van der Waals surface area contributed by atoms with Crippen LogP contribution in [0.25, 0.3) is 0 Å². The molecular formula is C14H18O2. The van der Waals surface area contributed by atoms with Gasteiger partial charge in [0.2, 0.25) is 0 Å². The van der Waals surface area contributed by atoms with Crippen molar-refractivity contribution in [1.29, 1.82) is 0 Å². The largest absolute Gasteiger partial charge is 0.466 e.